The number of anilines is 1. The summed E-state index contributed by atoms with van der Waals surface area (Å²) >= 11 is 12.1. The zero-order valence-corrected chi connectivity index (χ0v) is 16.1. The molecule has 0 saturated carbocycles. The fraction of sp³-hybridized carbons (Fsp3) is 0.0500. The largest absolute Gasteiger partial charge is 0.494 e. The maximum atomic E-state index is 12.7. The van der Waals surface area contributed by atoms with Crippen molar-refractivity contribution in [3.63, 3.8) is 0 Å². The van der Waals surface area contributed by atoms with E-state index >= 15 is 0 Å². The highest BCUT2D eigenvalue weighted by atomic mass is 35.5. The number of hydrogen-bond acceptors (Lipinski definition) is 5. The van der Waals surface area contributed by atoms with E-state index in [1.165, 1.54) is 19.2 Å². The first-order chi connectivity index (χ1) is 13.5. The summed E-state index contributed by atoms with van der Waals surface area (Å²) in [6, 6.07) is 11.8. The predicted octanol–water partition coefficient (Wildman–Crippen LogP) is 5.46. The normalized spacial score (nSPS) is 10.8. The average molecular weight is 414 g/mol. The van der Waals surface area contributed by atoms with Crippen molar-refractivity contribution in [3.8, 4) is 17.2 Å². The predicted molar refractivity (Wildman–Crippen MR) is 108 cm³/mol. The number of ether oxygens (including phenoxy) is 1. The van der Waals surface area contributed by atoms with E-state index in [0.717, 1.165) is 5.56 Å². The van der Waals surface area contributed by atoms with Crippen LogP contribution in [0.1, 0.15) is 10.4 Å². The van der Waals surface area contributed by atoms with E-state index < -0.39 is 5.91 Å². The number of fused-ring (bicyclic) bond motifs is 1. The Hall–Kier alpha value is -3.09. The molecule has 1 N–H and O–H groups in total. The second-order valence-electron chi connectivity index (χ2n) is 5.87. The van der Waals surface area contributed by atoms with Gasteiger partial charge in [0.05, 0.1) is 23.3 Å². The summed E-state index contributed by atoms with van der Waals surface area (Å²) in [7, 11) is 1.44. The van der Waals surface area contributed by atoms with Crippen molar-refractivity contribution in [3.05, 3.63) is 70.5 Å². The number of hydrogen-bond donors (Lipinski definition) is 1. The summed E-state index contributed by atoms with van der Waals surface area (Å²) in [6.07, 6.45) is 3.35. The molecule has 2 aromatic heterocycles. The number of carbonyl (C=O) groups excluding carboxylic acids is 1. The maximum absolute atomic E-state index is 12.7. The standard InChI is InChI=1S/C20H13Cl2N3O3/c1-27-18-14(7-12(21)8-15(18)22)19(26)24-13-4-5-17-16(9-13)25-20(28-17)11-3-2-6-23-10-11/h2-10H,1H3,(H,24,26). The number of nitrogens with one attached hydrogen (secondary N) is 1. The molecule has 6 nitrogen and oxygen atoms in total. The second kappa shape index (κ2) is 7.50. The Balaban J connectivity index is 1.64. The second-order valence-corrected chi connectivity index (χ2v) is 6.71. The maximum Gasteiger partial charge on any atom is 0.259 e. The Labute approximate surface area is 170 Å². The molecule has 28 heavy (non-hydrogen) atoms. The van der Waals surface area contributed by atoms with E-state index in [0.29, 0.717) is 27.7 Å². The van der Waals surface area contributed by atoms with E-state index in [2.05, 4.69) is 15.3 Å². The fourth-order valence-corrected chi connectivity index (χ4v) is 3.32. The molecule has 0 spiro atoms. The van der Waals surface area contributed by atoms with Gasteiger partial charge in [0.25, 0.3) is 5.91 Å². The molecule has 1 amide bonds. The Morgan fingerprint density at radius 1 is 1.18 bits per heavy atom. The first-order valence-corrected chi connectivity index (χ1v) is 8.96. The van der Waals surface area contributed by atoms with Crippen LogP contribution in [0.25, 0.3) is 22.6 Å². The highest BCUT2D eigenvalue weighted by Crippen LogP contribution is 2.33. The molecule has 2 heterocycles. The number of methoxy groups -OCH3 is 1. The Morgan fingerprint density at radius 3 is 2.79 bits per heavy atom. The van der Waals surface area contributed by atoms with E-state index in [1.54, 1.807) is 36.7 Å². The van der Waals surface area contributed by atoms with E-state index in [1.807, 2.05) is 6.07 Å². The minimum absolute atomic E-state index is 0.233. The van der Waals surface area contributed by atoms with Gasteiger partial charge in [0.1, 0.15) is 11.3 Å². The summed E-state index contributed by atoms with van der Waals surface area (Å²) in [5, 5.41) is 3.39. The first kappa shape index (κ1) is 18.3. The Bertz CT molecular complexity index is 1180. The lowest BCUT2D eigenvalue weighted by atomic mass is 10.1. The van der Waals surface area contributed by atoms with Crippen LogP contribution in [0.5, 0.6) is 5.75 Å². The van der Waals surface area contributed by atoms with Crippen LogP contribution in [0.15, 0.2) is 59.3 Å². The lowest BCUT2D eigenvalue weighted by Gasteiger charge is -2.11. The number of halogens is 2. The van der Waals surface area contributed by atoms with E-state index in [-0.39, 0.29) is 16.3 Å². The average Bonchev–Trinajstić information content (AvgIpc) is 3.11. The van der Waals surface area contributed by atoms with Crippen molar-refractivity contribution in [2.24, 2.45) is 0 Å². The van der Waals surface area contributed by atoms with Gasteiger partial charge in [-0.05, 0) is 42.5 Å². The van der Waals surface area contributed by atoms with Gasteiger partial charge in [0.2, 0.25) is 5.89 Å². The van der Waals surface area contributed by atoms with Gasteiger partial charge in [-0.15, -0.1) is 0 Å². The van der Waals surface area contributed by atoms with Crippen molar-refractivity contribution < 1.29 is 13.9 Å². The third-order valence-corrected chi connectivity index (χ3v) is 4.51. The summed E-state index contributed by atoms with van der Waals surface area (Å²) in [5.74, 6) is 0.302. The van der Waals surface area contributed by atoms with E-state index in [4.69, 9.17) is 32.4 Å². The third kappa shape index (κ3) is 3.52. The molecule has 4 rings (SSSR count). The van der Waals surface area contributed by atoms with Crippen molar-refractivity contribution >= 4 is 45.9 Å². The Morgan fingerprint density at radius 2 is 2.04 bits per heavy atom. The van der Waals surface area contributed by atoms with Crippen LogP contribution < -0.4 is 10.1 Å². The number of rotatable bonds is 4. The molecule has 0 aliphatic heterocycles. The summed E-state index contributed by atoms with van der Waals surface area (Å²) in [6.45, 7) is 0. The van der Waals surface area contributed by atoms with Gasteiger partial charge < -0.3 is 14.5 Å². The van der Waals surface area contributed by atoms with Gasteiger partial charge in [-0.2, -0.15) is 0 Å². The molecule has 0 aliphatic carbocycles. The number of oxazole rings is 1. The summed E-state index contributed by atoms with van der Waals surface area (Å²) in [4.78, 5) is 21.2. The van der Waals surface area contributed by atoms with Crippen molar-refractivity contribution in [2.45, 2.75) is 0 Å². The highest BCUT2D eigenvalue weighted by Gasteiger charge is 2.17. The van der Waals surface area contributed by atoms with Gasteiger partial charge in [-0.25, -0.2) is 4.98 Å². The molecule has 8 heteroatoms. The first-order valence-electron chi connectivity index (χ1n) is 8.20. The molecule has 0 unspecified atom stereocenters. The zero-order chi connectivity index (χ0) is 19.7. The van der Waals surface area contributed by atoms with Gasteiger partial charge in [-0.3, -0.25) is 9.78 Å². The molecular weight excluding hydrogens is 401 g/mol. The van der Waals surface area contributed by atoms with Crippen LogP contribution in [-0.2, 0) is 0 Å². The quantitative estimate of drug-likeness (QED) is 0.480. The van der Waals surface area contributed by atoms with E-state index in [9.17, 15) is 4.79 Å². The number of benzene rings is 2. The minimum atomic E-state index is -0.406. The SMILES string of the molecule is COc1c(Cl)cc(Cl)cc1C(=O)Nc1ccc2oc(-c3cccnc3)nc2c1. The zero-order valence-electron chi connectivity index (χ0n) is 14.6. The lowest BCUT2D eigenvalue weighted by Crippen LogP contribution is -2.13. The third-order valence-electron chi connectivity index (χ3n) is 4.01. The molecule has 2 aromatic carbocycles. The number of pyridine rings is 1. The van der Waals surface area contributed by atoms with Crippen molar-refractivity contribution in [2.75, 3.05) is 12.4 Å². The molecule has 0 bridgehead atoms. The number of aromatic nitrogens is 2. The van der Waals surface area contributed by atoms with Crippen LogP contribution in [0, 0.1) is 0 Å². The molecule has 0 atom stereocenters. The molecule has 0 saturated heterocycles. The van der Waals surface area contributed by atoms with Crippen LogP contribution in [0.4, 0.5) is 5.69 Å². The number of nitrogens with zero attached hydrogens (tertiary/aromatic N) is 2. The van der Waals surface area contributed by atoms with Crippen LogP contribution in [-0.4, -0.2) is 23.0 Å². The van der Waals surface area contributed by atoms with Gasteiger partial charge in [0, 0.05) is 23.1 Å². The molecular formula is C20H13Cl2N3O3. The minimum Gasteiger partial charge on any atom is -0.494 e. The molecule has 4 aromatic rings. The van der Waals surface area contributed by atoms with Crippen LogP contribution in [0.2, 0.25) is 10.0 Å². The van der Waals surface area contributed by atoms with Crippen molar-refractivity contribution in [1.29, 1.82) is 0 Å². The van der Waals surface area contributed by atoms with Gasteiger partial charge in [0.15, 0.2) is 5.58 Å². The molecule has 0 radical (unpaired) electrons. The highest BCUT2D eigenvalue weighted by molar-refractivity contribution is 6.36. The Kier molecular flexibility index (Phi) is 4.90. The van der Waals surface area contributed by atoms with Gasteiger partial charge in [-0.1, -0.05) is 23.2 Å². The molecule has 0 fully saturated rings. The van der Waals surface area contributed by atoms with Gasteiger partial charge >= 0.3 is 0 Å². The monoisotopic (exact) mass is 413 g/mol. The fourth-order valence-electron chi connectivity index (χ4n) is 2.75. The van der Waals surface area contributed by atoms with Crippen LogP contribution in [0.3, 0.4) is 0 Å². The number of carbonyl (C=O) groups is 1. The summed E-state index contributed by atoms with van der Waals surface area (Å²) < 4.78 is 11.0. The molecule has 0 aliphatic rings. The lowest BCUT2D eigenvalue weighted by molar-refractivity contribution is 0.102. The molecule has 140 valence electrons. The topological polar surface area (TPSA) is 77.2 Å². The van der Waals surface area contributed by atoms with Crippen molar-refractivity contribution in [1.82, 2.24) is 9.97 Å². The summed E-state index contributed by atoms with van der Waals surface area (Å²) in [5.41, 5.74) is 2.74. The van der Waals surface area contributed by atoms with Crippen LogP contribution >= 0.6 is 23.2 Å². The number of amides is 1. The smallest absolute Gasteiger partial charge is 0.259 e.